The smallest absolute Gasteiger partial charge is 0.394 e. The molecule has 0 aliphatic carbocycles. The van der Waals surface area contributed by atoms with Gasteiger partial charge in [0.15, 0.2) is 0 Å². The number of alkyl halides is 6. The number of ether oxygens (including phenoxy) is 1. The number of piperazine rings is 1. The summed E-state index contributed by atoms with van der Waals surface area (Å²) in [7, 11) is 0. The van der Waals surface area contributed by atoms with Crippen molar-refractivity contribution in [2.45, 2.75) is 38.7 Å². The van der Waals surface area contributed by atoms with Gasteiger partial charge in [0.2, 0.25) is 0 Å². The summed E-state index contributed by atoms with van der Waals surface area (Å²) >= 11 is 0. The first-order valence-electron chi connectivity index (χ1n) is 11.9. The molecule has 5 nitrogen and oxygen atoms in total. The van der Waals surface area contributed by atoms with Crippen molar-refractivity contribution in [3.63, 3.8) is 0 Å². The van der Waals surface area contributed by atoms with Gasteiger partial charge in [0.05, 0.1) is 30.9 Å². The molecule has 0 radical (unpaired) electrons. The highest BCUT2D eigenvalue weighted by atomic mass is 19.4. The lowest BCUT2D eigenvalue weighted by atomic mass is 9.97. The van der Waals surface area contributed by atoms with Gasteiger partial charge in [0.25, 0.3) is 5.91 Å². The highest BCUT2D eigenvalue weighted by molar-refractivity contribution is 5.95. The average molecular weight is 533 g/mol. The van der Waals surface area contributed by atoms with Crippen LogP contribution >= 0.6 is 0 Å². The largest absolute Gasteiger partial charge is 0.416 e. The maximum absolute atomic E-state index is 13.4. The summed E-state index contributed by atoms with van der Waals surface area (Å²) in [6.45, 7) is 5.68. The van der Waals surface area contributed by atoms with Crippen LogP contribution in [0.2, 0.25) is 0 Å². The lowest BCUT2D eigenvalue weighted by molar-refractivity contribution is -0.143. The minimum Gasteiger partial charge on any atom is -0.394 e. The number of nitrogens with zero attached hydrogens (tertiary/aromatic N) is 2. The molecular formula is C26H30F6N2O3. The summed E-state index contributed by atoms with van der Waals surface area (Å²) in [4.78, 5) is 16.8. The Bertz CT molecular complexity index is 1050. The summed E-state index contributed by atoms with van der Waals surface area (Å²) in [5.74, 6) is -0.874. The van der Waals surface area contributed by atoms with E-state index in [0.29, 0.717) is 44.8 Å². The van der Waals surface area contributed by atoms with Gasteiger partial charge in [-0.1, -0.05) is 18.2 Å². The molecule has 11 heteroatoms. The van der Waals surface area contributed by atoms with Gasteiger partial charge >= 0.3 is 12.4 Å². The first kappa shape index (κ1) is 28.9. The first-order valence-corrected chi connectivity index (χ1v) is 11.9. The van der Waals surface area contributed by atoms with E-state index in [2.05, 4.69) is 0 Å². The van der Waals surface area contributed by atoms with Crippen LogP contribution < -0.4 is 0 Å². The van der Waals surface area contributed by atoms with Crippen molar-refractivity contribution < 1.29 is 41.0 Å². The normalized spacial score (nSPS) is 17.3. The molecule has 0 bridgehead atoms. The predicted molar refractivity (Wildman–Crippen MR) is 125 cm³/mol. The average Bonchev–Trinajstić information content (AvgIpc) is 2.82. The molecule has 1 amide bonds. The Labute approximate surface area is 211 Å². The van der Waals surface area contributed by atoms with Crippen molar-refractivity contribution in [3.8, 4) is 0 Å². The van der Waals surface area contributed by atoms with Crippen LogP contribution in [0, 0.1) is 13.8 Å². The molecule has 2 aromatic rings. The maximum Gasteiger partial charge on any atom is 0.416 e. The molecule has 204 valence electrons. The molecule has 0 aromatic heterocycles. The van der Waals surface area contributed by atoms with Crippen LogP contribution in [0.5, 0.6) is 0 Å². The summed E-state index contributed by atoms with van der Waals surface area (Å²) in [6, 6.07) is 6.31. The molecule has 37 heavy (non-hydrogen) atoms. The molecule has 1 saturated heterocycles. The molecule has 1 aliphatic rings. The quantitative estimate of drug-likeness (QED) is 0.395. The fraction of sp³-hybridized carbons (Fsp3) is 0.500. The van der Waals surface area contributed by atoms with Crippen molar-refractivity contribution >= 4 is 5.91 Å². The number of amides is 1. The Kier molecular flexibility index (Phi) is 9.25. The summed E-state index contributed by atoms with van der Waals surface area (Å²) in [5.41, 5.74) is -0.664. The minimum absolute atomic E-state index is 0.0215. The number of carbonyl (C=O) groups excluding carboxylic acids is 1. The third-order valence-corrected chi connectivity index (χ3v) is 6.49. The van der Waals surface area contributed by atoms with Crippen LogP contribution in [-0.2, 0) is 23.5 Å². The van der Waals surface area contributed by atoms with Crippen molar-refractivity contribution in [2.75, 3.05) is 46.0 Å². The topological polar surface area (TPSA) is 53.0 Å². The van der Waals surface area contributed by atoms with Gasteiger partial charge < -0.3 is 14.7 Å². The standard InChI is InChI=1S/C26H30F6N2O3/c1-17-3-4-19(11-18(17)2)12-23-16-33(7-9-37-10-8-35)5-6-34(23)24(36)20-13-21(25(27,28)29)15-22(14-20)26(30,31)32/h3-4,11,13-15,23,35H,5-10,12,16H2,1-2H3. The van der Waals surface area contributed by atoms with Crippen LogP contribution in [0.3, 0.4) is 0 Å². The van der Waals surface area contributed by atoms with E-state index in [1.54, 1.807) is 0 Å². The van der Waals surface area contributed by atoms with E-state index in [9.17, 15) is 31.1 Å². The van der Waals surface area contributed by atoms with Gasteiger partial charge in [-0.2, -0.15) is 26.3 Å². The third-order valence-electron chi connectivity index (χ3n) is 6.49. The second-order valence-electron chi connectivity index (χ2n) is 9.21. The second-order valence-corrected chi connectivity index (χ2v) is 9.21. The number of halogens is 6. The van der Waals surface area contributed by atoms with Crippen LogP contribution in [-0.4, -0.2) is 72.9 Å². The number of rotatable bonds is 8. The number of aryl methyl sites for hydroxylation is 2. The van der Waals surface area contributed by atoms with E-state index >= 15 is 0 Å². The van der Waals surface area contributed by atoms with E-state index in [1.807, 2.05) is 36.9 Å². The maximum atomic E-state index is 13.4. The van der Waals surface area contributed by atoms with Crippen LogP contribution in [0.15, 0.2) is 36.4 Å². The Morgan fingerprint density at radius 1 is 0.946 bits per heavy atom. The molecule has 1 N–H and O–H groups in total. The molecule has 1 fully saturated rings. The van der Waals surface area contributed by atoms with E-state index in [0.717, 1.165) is 16.7 Å². The lowest BCUT2D eigenvalue weighted by Crippen LogP contribution is -2.56. The fourth-order valence-electron chi connectivity index (χ4n) is 4.37. The Morgan fingerprint density at radius 2 is 1.59 bits per heavy atom. The number of aliphatic hydroxyl groups excluding tert-OH is 1. The molecule has 1 atom stereocenters. The van der Waals surface area contributed by atoms with Crippen LogP contribution in [0.1, 0.15) is 38.2 Å². The van der Waals surface area contributed by atoms with Gasteiger partial charge in [-0.15, -0.1) is 0 Å². The molecule has 1 aliphatic heterocycles. The van der Waals surface area contributed by atoms with Gasteiger partial charge in [0, 0.05) is 37.8 Å². The molecule has 1 unspecified atom stereocenters. The highest BCUT2D eigenvalue weighted by Gasteiger charge is 2.39. The Hall–Kier alpha value is -2.63. The van der Waals surface area contributed by atoms with Crippen molar-refractivity contribution in [3.05, 3.63) is 69.8 Å². The molecule has 1 heterocycles. The molecule has 2 aromatic carbocycles. The van der Waals surface area contributed by atoms with Gasteiger partial charge in [-0.3, -0.25) is 9.69 Å². The van der Waals surface area contributed by atoms with Crippen molar-refractivity contribution in [2.24, 2.45) is 0 Å². The number of benzene rings is 2. The minimum atomic E-state index is -5.04. The van der Waals surface area contributed by atoms with Crippen LogP contribution in [0.4, 0.5) is 26.3 Å². The predicted octanol–water partition coefficient (Wildman–Crippen LogP) is 4.72. The first-order chi connectivity index (χ1) is 17.3. The third kappa shape index (κ3) is 7.68. The SMILES string of the molecule is Cc1ccc(CC2CN(CCOCCO)CCN2C(=O)c2cc(C(F)(F)F)cc(C(F)(F)F)c2)cc1C. The monoisotopic (exact) mass is 532 g/mol. The van der Waals surface area contributed by atoms with E-state index in [1.165, 1.54) is 4.90 Å². The van der Waals surface area contributed by atoms with E-state index in [-0.39, 0.29) is 25.8 Å². The molecule has 0 saturated carbocycles. The molecular weight excluding hydrogens is 502 g/mol. The number of hydrogen-bond donors (Lipinski definition) is 1. The molecule has 0 spiro atoms. The second kappa shape index (κ2) is 11.8. The highest BCUT2D eigenvalue weighted by Crippen LogP contribution is 2.37. The van der Waals surface area contributed by atoms with Gasteiger partial charge in [-0.05, 0) is 55.2 Å². The zero-order chi connectivity index (χ0) is 27.4. The summed E-state index contributed by atoms with van der Waals surface area (Å²) in [5, 5.41) is 8.87. The summed E-state index contributed by atoms with van der Waals surface area (Å²) in [6.07, 6.45) is -9.70. The van der Waals surface area contributed by atoms with Crippen LogP contribution in [0.25, 0.3) is 0 Å². The lowest BCUT2D eigenvalue weighted by Gasteiger charge is -2.42. The molecule has 3 rings (SSSR count). The van der Waals surface area contributed by atoms with E-state index < -0.39 is 41.0 Å². The number of aliphatic hydroxyl groups is 1. The fourth-order valence-corrected chi connectivity index (χ4v) is 4.37. The Balaban J connectivity index is 1.91. The van der Waals surface area contributed by atoms with Gasteiger partial charge in [-0.25, -0.2) is 0 Å². The number of carbonyl (C=O) groups is 1. The zero-order valence-corrected chi connectivity index (χ0v) is 20.6. The van der Waals surface area contributed by atoms with Crippen molar-refractivity contribution in [1.29, 1.82) is 0 Å². The van der Waals surface area contributed by atoms with Crippen molar-refractivity contribution in [1.82, 2.24) is 9.80 Å². The zero-order valence-electron chi connectivity index (χ0n) is 20.6. The Morgan fingerprint density at radius 3 is 2.16 bits per heavy atom. The van der Waals surface area contributed by atoms with Gasteiger partial charge in [0.1, 0.15) is 0 Å². The summed E-state index contributed by atoms with van der Waals surface area (Å²) < 4.78 is 85.6. The number of hydrogen-bond acceptors (Lipinski definition) is 4. The van der Waals surface area contributed by atoms with E-state index in [4.69, 9.17) is 9.84 Å².